The summed E-state index contributed by atoms with van der Waals surface area (Å²) >= 11 is 0. The highest BCUT2D eigenvalue weighted by Gasteiger charge is 2.24. The molecule has 0 bridgehead atoms. The molecule has 0 unspecified atom stereocenters. The highest BCUT2D eigenvalue weighted by Crippen LogP contribution is 2.49. The first-order valence-electron chi connectivity index (χ1n) is 21.7. The second kappa shape index (κ2) is 14.5. The molecular weight excluding hydrogens is 783 g/mol. The largest absolute Gasteiger partial charge is 0.456 e. The van der Waals surface area contributed by atoms with E-state index >= 15 is 0 Å². The first-order chi connectivity index (χ1) is 31.7. The Morgan fingerprint density at radius 3 is 1.25 bits per heavy atom. The number of benzene rings is 10. The molecule has 0 fully saturated rings. The van der Waals surface area contributed by atoms with Gasteiger partial charge in [-0.15, -0.1) is 0 Å². The van der Waals surface area contributed by atoms with Crippen LogP contribution < -0.4 is 4.90 Å². The summed E-state index contributed by atoms with van der Waals surface area (Å²) in [4.78, 5) is 2.31. The van der Waals surface area contributed by atoms with Gasteiger partial charge in [0.25, 0.3) is 0 Å². The number of hydrogen-bond acceptors (Lipinski definition) is 4. The summed E-state index contributed by atoms with van der Waals surface area (Å²) in [5.74, 6) is 0. The van der Waals surface area contributed by atoms with Crippen molar-refractivity contribution >= 4 is 82.9 Å². The van der Waals surface area contributed by atoms with E-state index in [0.29, 0.717) is 0 Å². The number of anilines is 3. The number of nitrogens with zero attached hydrogens (tertiary/aromatic N) is 1. The van der Waals surface area contributed by atoms with Gasteiger partial charge in [0.2, 0.25) is 0 Å². The number of rotatable bonds is 7. The first kappa shape index (κ1) is 36.1. The fraction of sp³-hybridized carbons (Fsp3) is 0. The molecule has 10 aromatic carbocycles. The van der Waals surface area contributed by atoms with Crippen LogP contribution in [0.5, 0.6) is 0 Å². The van der Waals surface area contributed by atoms with Gasteiger partial charge in [0.1, 0.15) is 27.9 Å². The zero-order chi connectivity index (χ0) is 42.1. The van der Waals surface area contributed by atoms with Crippen molar-refractivity contribution in [2.75, 3.05) is 4.90 Å². The van der Waals surface area contributed by atoms with Crippen LogP contribution in [0.25, 0.3) is 110 Å². The van der Waals surface area contributed by atoms with Crippen molar-refractivity contribution in [3.05, 3.63) is 224 Å². The predicted octanol–water partition coefficient (Wildman–Crippen LogP) is 17.5. The molecule has 3 heterocycles. The van der Waals surface area contributed by atoms with Crippen LogP contribution in [0, 0.1) is 0 Å². The van der Waals surface area contributed by atoms with Gasteiger partial charge in [0.05, 0.1) is 5.69 Å². The fourth-order valence-corrected chi connectivity index (χ4v) is 9.83. The molecule has 0 N–H and O–H groups in total. The molecule has 4 heteroatoms. The highest BCUT2D eigenvalue weighted by molar-refractivity contribution is 6.20. The Kier molecular flexibility index (Phi) is 8.18. The van der Waals surface area contributed by atoms with Crippen molar-refractivity contribution in [3.8, 4) is 44.5 Å². The van der Waals surface area contributed by atoms with Crippen LogP contribution in [0.4, 0.5) is 17.1 Å². The highest BCUT2D eigenvalue weighted by atomic mass is 16.3. The first-order valence-corrected chi connectivity index (χ1v) is 21.7. The molecule has 300 valence electrons. The summed E-state index contributed by atoms with van der Waals surface area (Å²) in [6.07, 6.45) is 0. The van der Waals surface area contributed by atoms with Gasteiger partial charge in [-0.25, -0.2) is 0 Å². The third-order valence-corrected chi connectivity index (χ3v) is 12.7. The maximum Gasteiger partial charge on any atom is 0.159 e. The van der Waals surface area contributed by atoms with E-state index in [4.69, 9.17) is 13.3 Å². The smallest absolute Gasteiger partial charge is 0.159 e. The lowest BCUT2D eigenvalue weighted by molar-refractivity contribution is 0.668. The molecule has 13 rings (SSSR count). The van der Waals surface area contributed by atoms with Crippen LogP contribution in [0.15, 0.2) is 238 Å². The van der Waals surface area contributed by atoms with Crippen LogP contribution in [0.3, 0.4) is 0 Å². The van der Waals surface area contributed by atoms with Crippen molar-refractivity contribution in [2.45, 2.75) is 0 Å². The van der Waals surface area contributed by atoms with Crippen LogP contribution in [0.1, 0.15) is 0 Å². The fourth-order valence-electron chi connectivity index (χ4n) is 9.83. The zero-order valence-electron chi connectivity index (χ0n) is 34.5. The Morgan fingerprint density at radius 1 is 0.266 bits per heavy atom. The normalized spacial score (nSPS) is 11.8. The summed E-state index contributed by atoms with van der Waals surface area (Å²) in [6, 6.07) is 79.1. The lowest BCUT2D eigenvalue weighted by Crippen LogP contribution is -2.10. The molecule has 0 atom stereocenters. The molecule has 0 aliphatic heterocycles. The van der Waals surface area contributed by atoms with E-state index in [1.54, 1.807) is 0 Å². The Labute approximate surface area is 368 Å². The van der Waals surface area contributed by atoms with E-state index in [1.807, 2.05) is 24.3 Å². The summed E-state index contributed by atoms with van der Waals surface area (Å²) in [5, 5.41) is 6.53. The molecule has 0 radical (unpaired) electrons. The van der Waals surface area contributed by atoms with E-state index in [1.165, 1.54) is 5.56 Å². The lowest BCUT2D eigenvalue weighted by Gasteiger charge is -2.26. The maximum atomic E-state index is 6.68. The van der Waals surface area contributed by atoms with E-state index in [-0.39, 0.29) is 0 Å². The number of fused-ring (bicyclic) bond motifs is 9. The minimum Gasteiger partial charge on any atom is -0.456 e. The minimum absolute atomic E-state index is 0.840. The van der Waals surface area contributed by atoms with E-state index in [0.717, 1.165) is 122 Å². The lowest BCUT2D eigenvalue weighted by atomic mass is 9.85. The minimum atomic E-state index is 0.840. The summed E-state index contributed by atoms with van der Waals surface area (Å²) in [6.45, 7) is 0. The van der Waals surface area contributed by atoms with Gasteiger partial charge in [-0.1, -0.05) is 152 Å². The molecule has 4 nitrogen and oxygen atoms in total. The van der Waals surface area contributed by atoms with Crippen molar-refractivity contribution in [2.24, 2.45) is 0 Å². The van der Waals surface area contributed by atoms with Gasteiger partial charge in [-0.3, -0.25) is 0 Å². The molecule has 3 aromatic heterocycles. The molecule has 64 heavy (non-hydrogen) atoms. The van der Waals surface area contributed by atoms with Gasteiger partial charge >= 0.3 is 0 Å². The van der Waals surface area contributed by atoms with Crippen molar-refractivity contribution in [1.82, 2.24) is 0 Å². The number of para-hydroxylation sites is 4. The van der Waals surface area contributed by atoms with Crippen LogP contribution in [0.2, 0.25) is 0 Å². The monoisotopic (exact) mass is 819 g/mol. The molecule has 0 amide bonds. The van der Waals surface area contributed by atoms with E-state index < -0.39 is 0 Å². The Morgan fingerprint density at radius 2 is 0.688 bits per heavy atom. The quantitative estimate of drug-likeness (QED) is 0.161. The number of hydrogen-bond donors (Lipinski definition) is 0. The number of furan rings is 3. The maximum absolute atomic E-state index is 6.68. The van der Waals surface area contributed by atoms with Crippen molar-refractivity contribution in [3.63, 3.8) is 0 Å². The SMILES string of the molecule is c1ccc(-c2ccc(N(c3ccc(-c4c(-c5ccc6oc7ccccc7c6c5-c5ccccc5)ccc5oc6ccccc6c45)cc3)c3cccc4c3oc3ccccc34)cc2)cc1. The topological polar surface area (TPSA) is 42.7 Å². The molecule has 0 aliphatic rings. The van der Waals surface area contributed by atoms with Crippen LogP contribution in [-0.2, 0) is 0 Å². The van der Waals surface area contributed by atoms with Crippen molar-refractivity contribution in [1.29, 1.82) is 0 Å². The van der Waals surface area contributed by atoms with Crippen LogP contribution >= 0.6 is 0 Å². The predicted molar refractivity (Wildman–Crippen MR) is 265 cm³/mol. The Hall–Kier alpha value is -8.60. The summed E-state index contributed by atoms with van der Waals surface area (Å²) in [5.41, 5.74) is 17.1. The molecule has 0 saturated heterocycles. The van der Waals surface area contributed by atoms with Gasteiger partial charge in [-0.05, 0) is 106 Å². The van der Waals surface area contributed by atoms with Gasteiger partial charge in [0.15, 0.2) is 5.58 Å². The standard InChI is InChI=1S/C60H37NO3/c1-3-14-38(15-4-1)39-26-30-42(31-27-39)61(50-22-13-21-47-44-18-7-10-23-51(44)64-60(47)50)43-32-28-41(29-33-43)57-46(35-37-55-59(57)49-20-9-12-25-53(49)63-55)45-34-36-54-58(48-19-8-11-24-52(48)62-54)56(45)40-16-5-2-6-17-40/h1-37H. The third kappa shape index (κ3) is 5.70. The second-order valence-corrected chi connectivity index (χ2v) is 16.3. The second-order valence-electron chi connectivity index (χ2n) is 16.3. The Balaban J connectivity index is 1.04. The Bertz CT molecular complexity index is 3880. The summed E-state index contributed by atoms with van der Waals surface area (Å²) < 4.78 is 19.8. The average molecular weight is 820 g/mol. The van der Waals surface area contributed by atoms with Gasteiger partial charge < -0.3 is 18.2 Å². The van der Waals surface area contributed by atoms with Crippen LogP contribution in [-0.4, -0.2) is 0 Å². The molecule has 0 aliphatic carbocycles. The molecule has 0 spiro atoms. The zero-order valence-corrected chi connectivity index (χ0v) is 34.5. The van der Waals surface area contributed by atoms with Gasteiger partial charge in [0, 0.05) is 54.8 Å². The van der Waals surface area contributed by atoms with Gasteiger partial charge in [-0.2, -0.15) is 0 Å². The third-order valence-electron chi connectivity index (χ3n) is 12.7. The molecular formula is C60H37NO3. The average Bonchev–Trinajstić information content (AvgIpc) is 4.06. The van der Waals surface area contributed by atoms with E-state index in [2.05, 4.69) is 205 Å². The van der Waals surface area contributed by atoms with Crippen molar-refractivity contribution < 1.29 is 13.3 Å². The molecule has 0 saturated carbocycles. The summed E-state index contributed by atoms with van der Waals surface area (Å²) in [7, 11) is 0. The van der Waals surface area contributed by atoms with E-state index in [9.17, 15) is 0 Å². The molecule has 13 aromatic rings.